The van der Waals surface area contributed by atoms with E-state index in [4.69, 9.17) is 4.74 Å². The molecule has 1 aliphatic heterocycles. The molecule has 0 aliphatic carbocycles. The molecule has 1 amide bonds. The van der Waals surface area contributed by atoms with Crippen LogP contribution in [0, 0.1) is 5.92 Å². The lowest BCUT2D eigenvalue weighted by Crippen LogP contribution is -2.47. The fourth-order valence-electron chi connectivity index (χ4n) is 3.61. The number of nitrogens with zero attached hydrogens (tertiary/aromatic N) is 5. The highest BCUT2D eigenvalue weighted by molar-refractivity contribution is 7.91. The van der Waals surface area contributed by atoms with Gasteiger partial charge >= 0.3 is 0 Å². The van der Waals surface area contributed by atoms with Gasteiger partial charge in [0.05, 0.1) is 31.6 Å². The molecule has 0 unspecified atom stereocenters. The average molecular weight is 486 g/mol. The number of thiophene rings is 1. The number of rotatable bonds is 6. The molecule has 32 heavy (non-hydrogen) atoms. The maximum Gasteiger partial charge on any atom is 0.252 e. The van der Waals surface area contributed by atoms with E-state index in [9.17, 15) is 18.3 Å². The summed E-state index contributed by atoms with van der Waals surface area (Å²) in [5.41, 5.74) is 0.650. The number of hydrogen-bond acceptors (Lipinski definition) is 8. The van der Waals surface area contributed by atoms with Gasteiger partial charge in [-0.05, 0) is 24.8 Å². The Bertz CT molecular complexity index is 978. The molecule has 178 valence electrons. The maximum absolute atomic E-state index is 12.9. The van der Waals surface area contributed by atoms with E-state index in [-0.39, 0.29) is 41.8 Å². The van der Waals surface area contributed by atoms with Crippen LogP contribution in [0.5, 0.6) is 0 Å². The van der Waals surface area contributed by atoms with Crippen LogP contribution in [0.3, 0.4) is 0 Å². The lowest BCUT2D eigenvalue weighted by Gasteiger charge is -2.35. The number of hydrogen-bond donors (Lipinski definition) is 1. The fraction of sp³-hybridized carbons (Fsp3) is 0.650. The van der Waals surface area contributed by atoms with Gasteiger partial charge in [0.2, 0.25) is 5.91 Å². The van der Waals surface area contributed by atoms with Crippen molar-refractivity contribution in [1.82, 2.24) is 24.2 Å². The van der Waals surface area contributed by atoms with Crippen LogP contribution >= 0.6 is 11.3 Å². The summed E-state index contributed by atoms with van der Waals surface area (Å²) >= 11 is 1.17. The van der Waals surface area contributed by atoms with Crippen molar-refractivity contribution in [2.75, 3.05) is 26.7 Å². The van der Waals surface area contributed by atoms with Crippen molar-refractivity contribution in [3.63, 3.8) is 0 Å². The minimum atomic E-state index is -3.64. The summed E-state index contributed by atoms with van der Waals surface area (Å²) in [5.74, 6) is -0.249. The molecule has 0 aromatic carbocycles. The van der Waals surface area contributed by atoms with Crippen LogP contribution in [0.15, 0.2) is 27.9 Å². The van der Waals surface area contributed by atoms with E-state index in [0.717, 1.165) is 0 Å². The molecule has 12 heteroatoms. The predicted octanol–water partition coefficient (Wildman–Crippen LogP) is 1.18. The van der Waals surface area contributed by atoms with Crippen molar-refractivity contribution < 1.29 is 23.1 Å². The highest BCUT2D eigenvalue weighted by Gasteiger charge is 2.31. The Kier molecular flexibility index (Phi) is 8.39. The van der Waals surface area contributed by atoms with Gasteiger partial charge in [0, 0.05) is 39.0 Å². The van der Waals surface area contributed by atoms with Crippen LogP contribution < -0.4 is 0 Å². The molecule has 3 rings (SSSR count). The molecule has 0 saturated carbocycles. The first-order valence-electron chi connectivity index (χ1n) is 10.6. The molecule has 10 nitrogen and oxygen atoms in total. The summed E-state index contributed by atoms with van der Waals surface area (Å²) in [4.78, 5) is 14.6. The summed E-state index contributed by atoms with van der Waals surface area (Å²) in [7, 11) is -2.11. The zero-order valence-electron chi connectivity index (χ0n) is 18.6. The molecule has 1 N–H and O–H groups in total. The van der Waals surface area contributed by atoms with E-state index in [1.54, 1.807) is 40.2 Å². The molecule has 0 spiro atoms. The second-order valence-corrected chi connectivity index (χ2v) is 11.4. The number of fused-ring (bicyclic) bond motifs is 2. The number of amides is 1. The van der Waals surface area contributed by atoms with Gasteiger partial charge in [-0.25, -0.2) is 8.42 Å². The first-order valence-corrected chi connectivity index (χ1v) is 12.9. The Morgan fingerprint density at radius 1 is 1.44 bits per heavy atom. The number of carbonyl (C=O) groups is 1. The number of aromatic nitrogens is 3. The highest BCUT2D eigenvalue weighted by atomic mass is 32.2. The molecule has 0 radical (unpaired) electrons. The maximum atomic E-state index is 12.9. The van der Waals surface area contributed by atoms with E-state index in [1.165, 1.54) is 22.7 Å². The summed E-state index contributed by atoms with van der Waals surface area (Å²) < 4.78 is 35.2. The van der Waals surface area contributed by atoms with Gasteiger partial charge in [0.1, 0.15) is 9.90 Å². The van der Waals surface area contributed by atoms with E-state index >= 15 is 0 Å². The van der Waals surface area contributed by atoms with Crippen molar-refractivity contribution >= 4 is 27.3 Å². The van der Waals surface area contributed by atoms with Gasteiger partial charge in [-0.1, -0.05) is 18.2 Å². The van der Waals surface area contributed by atoms with Crippen molar-refractivity contribution in [3.05, 3.63) is 29.4 Å². The van der Waals surface area contributed by atoms with Gasteiger partial charge in [-0.2, -0.15) is 4.31 Å². The van der Waals surface area contributed by atoms with Crippen molar-refractivity contribution in [2.45, 2.75) is 56.2 Å². The zero-order valence-corrected chi connectivity index (χ0v) is 20.3. The molecule has 3 atom stereocenters. The molecule has 2 aromatic heterocycles. The Labute approximate surface area is 192 Å². The molecule has 0 saturated heterocycles. The quantitative estimate of drug-likeness (QED) is 0.653. The van der Waals surface area contributed by atoms with Crippen molar-refractivity contribution in [2.24, 2.45) is 5.92 Å². The van der Waals surface area contributed by atoms with Crippen LogP contribution in [-0.4, -0.2) is 82.5 Å². The number of sulfonamides is 1. The molecule has 1 aliphatic rings. The third kappa shape index (κ3) is 5.93. The number of likely N-dealkylation sites (N-methyl/N-ethyl adjacent to an activating group) is 1. The molecule has 2 bridgehead atoms. The number of aliphatic hydroxyl groups excluding tert-OH is 1. The van der Waals surface area contributed by atoms with E-state index < -0.39 is 16.1 Å². The normalized spacial score (nSPS) is 22.3. The fourth-order valence-corrected chi connectivity index (χ4v) is 5.99. The molecular weight excluding hydrogens is 454 g/mol. The third-order valence-electron chi connectivity index (χ3n) is 5.64. The van der Waals surface area contributed by atoms with Gasteiger partial charge in [0.25, 0.3) is 10.0 Å². The first kappa shape index (κ1) is 24.8. The SMILES string of the molecule is C[C@@H]1CN([C@H](C)CO)C(=O)CCCn2cc(nn2)CO[C@@H]1CN(C)S(=O)(=O)c1cccs1. The van der Waals surface area contributed by atoms with Gasteiger partial charge in [0.15, 0.2) is 0 Å². The van der Waals surface area contributed by atoms with Crippen LogP contribution in [0.2, 0.25) is 0 Å². The standard InChI is InChI=1S/C20H31N5O5S2/c1-15-10-25(16(2)13-26)19(27)6-4-8-24-11-17(21-22-24)14-30-18(15)12-23(3)32(28,29)20-7-5-9-31-20/h5,7,9,11,15-16,18,26H,4,6,8,10,12-14H2,1-3H3/t15-,16-,18-/m1/s1. The van der Waals surface area contributed by atoms with E-state index in [0.29, 0.717) is 31.6 Å². The predicted molar refractivity (Wildman–Crippen MR) is 119 cm³/mol. The van der Waals surface area contributed by atoms with E-state index in [1.807, 2.05) is 6.92 Å². The average Bonchev–Trinajstić information content (AvgIpc) is 3.46. The van der Waals surface area contributed by atoms with Gasteiger partial charge < -0.3 is 14.7 Å². The largest absolute Gasteiger partial charge is 0.394 e. The number of ether oxygens (including phenoxy) is 1. The molecule has 0 fully saturated rings. The van der Waals surface area contributed by atoms with Crippen LogP contribution in [0.25, 0.3) is 0 Å². The third-order valence-corrected chi connectivity index (χ3v) is 8.84. The summed E-state index contributed by atoms with van der Waals surface area (Å²) in [5, 5.41) is 19.6. The summed E-state index contributed by atoms with van der Waals surface area (Å²) in [6.45, 7) is 4.79. The smallest absolute Gasteiger partial charge is 0.252 e. The Morgan fingerprint density at radius 3 is 2.91 bits per heavy atom. The summed E-state index contributed by atoms with van der Waals surface area (Å²) in [6, 6.07) is 2.93. The summed E-state index contributed by atoms with van der Waals surface area (Å²) in [6.07, 6.45) is 2.22. The van der Waals surface area contributed by atoms with Crippen LogP contribution in [0.4, 0.5) is 0 Å². The minimum absolute atomic E-state index is 0.0590. The second-order valence-electron chi connectivity index (χ2n) is 8.20. The topological polar surface area (TPSA) is 118 Å². The molecule has 3 heterocycles. The molecular formula is C20H31N5O5S2. The molecule has 2 aromatic rings. The Morgan fingerprint density at radius 2 is 2.22 bits per heavy atom. The first-order chi connectivity index (χ1) is 15.2. The second kappa shape index (κ2) is 10.8. The monoisotopic (exact) mass is 485 g/mol. The number of aliphatic hydroxyl groups is 1. The van der Waals surface area contributed by atoms with Gasteiger partial charge in [-0.3, -0.25) is 9.48 Å². The van der Waals surface area contributed by atoms with Gasteiger partial charge in [-0.15, -0.1) is 16.4 Å². The lowest BCUT2D eigenvalue weighted by atomic mass is 10.0. The highest BCUT2D eigenvalue weighted by Crippen LogP contribution is 2.23. The van der Waals surface area contributed by atoms with Crippen molar-refractivity contribution in [3.8, 4) is 0 Å². The Hall–Kier alpha value is -1.86. The zero-order chi connectivity index (χ0) is 23.3. The van der Waals surface area contributed by atoms with Crippen molar-refractivity contribution in [1.29, 1.82) is 0 Å². The number of carbonyl (C=O) groups excluding carboxylic acids is 1. The number of aryl methyl sites for hydroxylation is 1. The Balaban J connectivity index is 1.84. The minimum Gasteiger partial charge on any atom is -0.394 e. The van der Waals surface area contributed by atoms with Crippen LogP contribution in [-0.2, 0) is 32.7 Å². The lowest BCUT2D eigenvalue weighted by molar-refractivity contribution is -0.136. The van der Waals surface area contributed by atoms with Crippen LogP contribution in [0.1, 0.15) is 32.4 Å². The van der Waals surface area contributed by atoms with E-state index in [2.05, 4.69) is 10.3 Å².